The van der Waals surface area contributed by atoms with E-state index in [0.29, 0.717) is 18.0 Å². The van der Waals surface area contributed by atoms with Crippen molar-refractivity contribution in [1.29, 1.82) is 0 Å². The molecule has 0 fully saturated rings. The van der Waals surface area contributed by atoms with E-state index in [1.54, 1.807) is 30.4 Å². The van der Waals surface area contributed by atoms with Gasteiger partial charge in [0.1, 0.15) is 0 Å². The molecule has 88 valence electrons. The third-order valence-electron chi connectivity index (χ3n) is 2.50. The van der Waals surface area contributed by atoms with Crippen LogP contribution in [0.4, 0.5) is 11.4 Å². The van der Waals surface area contributed by atoms with Crippen molar-refractivity contribution < 1.29 is 4.79 Å². The number of carbonyl (C=O) groups is 1. The zero-order chi connectivity index (χ0) is 12.1. The molecule has 1 aromatic rings. The number of carbonyl (C=O) groups excluding carboxylic acids is 1. The van der Waals surface area contributed by atoms with E-state index < -0.39 is 0 Å². The number of nitrogens with zero attached hydrogens (tertiary/aromatic N) is 2. The van der Waals surface area contributed by atoms with Gasteiger partial charge in [-0.1, -0.05) is 13.8 Å². The molecule has 1 aromatic heterocycles. The van der Waals surface area contributed by atoms with Crippen LogP contribution >= 0.6 is 0 Å². The van der Waals surface area contributed by atoms with Crippen molar-refractivity contribution >= 4 is 17.3 Å². The Labute approximate surface area is 96.5 Å². The number of aromatic nitrogens is 1. The first kappa shape index (κ1) is 12.5. The first-order valence-corrected chi connectivity index (χ1v) is 5.48. The summed E-state index contributed by atoms with van der Waals surface area (Å²) in [6.07, 6.45) is 4.64. The highest BCUT2D eigenvalue weighted by Gasteiger charge is 2.13. The first-order valence-electron chi connectivity index (χ1n) is 5.48. The summed E-state index contributed by atoms with van der Waals surface area (Å²) in [7, 11) is 1.74. The maximum absolute atomic E-state index is 11.9. The molecule has 0 bridgehead atoms. The molecule has 16 heavy (non-hydrogen) atoms. The summed E-state index contributed by atoms with van der Waals surface area (Å²) in [5.41, 5.74) is 7.01. The molecular formula is C12H19N3O. The first-order chi connectivity index (χ1) is 7.52. The van der Waals surface area contributed by atoms with Crippen LogP contribution in [-0.4, -0.2) is 17.9 Å². The Bertz CT molecular complexity index is 363. The van der Waals surface area contributed by atoms with Gasteiger partial charge in [-0.05, 0) is 18.4 Å². The zero-order valence-electron chi connectivity index (χ0n) is 10.1. The molecule has 0 aliphatic carbocycles. The number of amides is 1. The van der Waals surface area contributed by atoms with Gasteiger partial charge in [0.05, 0.1) is 17.6 Å². The van der Waals surface area contributed by atoms with Crippen LogP contribution in [0.1, 0.15) is 26.7 Å². The smallest absolute Gasteiger partial charge is 0.226 e. The van der Waals surface area contributed by atoms with Crippen LogP contribution in [0.5, 0.6) is 0 Å². The van der Waals surface area contributed by atoms with Crippen LogP contribution in [0.3, 0.4) is 0 Å². The van der Waals surface area contributed by atoms with Crippen LogP contribution in [0.2, 0.25) is 0 Å². The molecule has 0 saturated carbocycles. The number of rotatable bonds is 4. The maximum atomic E-state index is 11.9. The molecule has 0 spiro atoms. The largest absolute Gasteiger partial charge is 0.396 e. The van der Waals surface area contributed by atoms with Gasteiger partial charge in [-0.15, -0.1) is 0 Å². The number of nitrogens with two attached hydrogens (primary N) is 1. The van der Waals surface area contributed by atoms with Gasteiger partial charge in [-0.3, -0.25) is 9.78 Å². The van der Waals surface area contributed by atoms with Crippen LogP contribution in [0.15, 0.2) is 18.5 Å². The summed E-state index contributed by atoms with van der Waals surface area (Å²) >= 11 is 0. The predicted octanol–water partition coefficient (Wildman–Crippen LogP) is 2.06. The summed E-state index contributed by atoms with van der Waals surface area (Å²) in [5, 5.41) is 0. The van der Waals surface area contributed by atoms with Gasteiger partial charge in [0.15, 0.2) is 0 Å². The lowest BCUT2D eigenvalue weighted by atomic mass is 10.1. The van der Waals surface area contributed by atoms with Gasteiger partial charge in [0.25, 0.3) is 0 Å². The number of nitrogen functional groups attached to an aromatic ring is 1. The summed E-state index contributed by atoms with van der Waals surface area (Å²) in [4.78, 5) is 17.3. The minimum absolute atomic E-state index is 0.0894. The Morgan fingerprint density at radius 2 is 2.25 bits per heavy atom. The minimum Gasteiger partial charge on any atom is -0.396 e. The standard InChI is InChI=1S/C12H19N3O/c1-9(2)4-5-12(16)15(3)11-6-7-14-8-10(11)13/h6-9H,4-5,13H2,1-3H3. The fourth-order valence-corrected chi connectivity index (χ4v) is 1.42. The van der Waals surface area contributed by atoms with E-state index in [-0.39, 0.29) is 5.91 Å². The quantitative estimate of drug-likeness (QED) is 0.846. The van der Waals surface area contributed by atoms with Crippen LogP contribution in [-0.2, 0) is 4.79 Å². The van der Waals surface area contributed by atoms with Crippen molar-refractivity contribution in [3.8, 4) is 0 Å². The van der Waals surface area contributed by atoms with E-state index in [9.17, 15) is 4.79 Å². The second-order valence-electron chi connectivity index (χ2n) is 4.32. The summed E-state index contributed by atoms with van der Waals surface area (Å²) < 4.78 is 0. The van der Waals surface area contributed by atoms with Crippen LogP contribution < -0.4 is 10.6 Å². The molecule has 0 aliphatic heterocycles. The van der Waals surface area contributed by atoms with Gasteiger partial charge in [0, 0.05) is 19.7 Å². The average Bonchev–Trinajstić information content (AvgIpc) is 2.25. The zero-order valence-corrected chi connectivity index (χ0v) is 10.1. The van der Waals surface area contributed by atoms with Crippen LogP contribution in [0.25, 0.3) is 0 Å². The van der Waals surface area contributed by atoms with Gasteiger partial charge < -0.3 is 10.6 Å². The SMILES string of the molecule is CC(C)CCC(=O)N(C)c1ccncc1N. The summed E-state index contributed by atoms with van der Waals surface area (Å²) in [6.45, 7) is 4.21. The van der Waals surface area contributed by atoms with E-state index in [2.05, 4.69) is 18.8 Å². The Morgan fingerprint density at radius 1 is 1.56 bits per heavy atom. The Hall–Kier alpha value is -1.58. The van der Waals surface area contributed by atoms with Gasteiger partial charge in [0.2, 0.25) is 5.91 Å². The lowest BCUT2D eigenvalue weighted by Gasteiger charge is -2.19. The second-order valence-corrected chi connectivity index (χ2v) is 4.32. The molecular weight excluding hydrogens is 202 g/mol. The van der Waals surface area contributed by atoms with E-state index in [0.717, 1.165) is 12.1 Å². The third-order valence-corrected chi connectivity index (χ3v) is 2.50. The van der Waals surface area contributed by atoms with Crippen molar-refractivity contribution in [2.75, 3.05) is 17.7 Å². The molecule has 0 saturated heterocycles. The molecule has 1 amide bonds. The average molecular weight is 221 g/mol. The van der Waals surface area contributed by atoms with Crippen molar-refractivity contribution in [2.24, 2.45) is 5.92 Å². The highest BCUT2D eigenvalue weighted by Crippen LogP contribution is 2.21. The third kappa shape index (κ3) is 3.22. The molecule has 0 radical (unpaired) electrons. The Morgan fingerprint density at radius 3 is 2.81 bits per heavy atom. The van der Waals surface area contributed by atoms with Crippen molar-refractivity contribution in [3.63, 3.8) is 0 Å². The maximum Gasteiger partial charge on any atom is 0.226 e. The molecule has 0 unspecified atom stereocenters. The Kier molecular flexibility index (Phi) is 4.28. The van der Waals surface area contributed by atoms with Gasteiger partial charge in [-0.25, -0.2) is 0 Å². The van der Waals surface area contributed by atoms with Crippen molar-refractivity contribution in [3.05, 3.63) is 18.5 Å². The molecule has 2 N–H and O–H groups in total. The highest BCUT2D eigenvalue weighted by atomic mass is 16.2. The second kappa shape index (κ2) is 5.49. The van der Waals surface area contributed by atoms with E-state index in [1.807, 2.05) is 0 Å². The fraction of sp³-hybridized carbons (Fsp3) is 0.500. The molecule has 4 nitrogen and oxygen atoms in total. The number of hydrogen-bond acceptors (Lipinski definition) is 3. The van der Waals surface area contributed by atoms with Gasteiger partial charge >= 0.3 is 0 Å². The lowest BCUT2D eigenvalue weighted by Crippen LogP contribution is -2.27. The van der Waals surface area contributed by atoms with E-state index >= 15 is 0 Å². The molecule has 4 heteroatoms. The van der Waals surface area contributed by atoms with Crippen LogP contribution in [0, 0.1) is 5.92 Å². The number of anilines is 2. The predicted molar refractivity (Wildman–Crippen MR) is 66.1 cm³/mol. The molecule has 1 heterocycles. The van der Waals surface area contributed by atoms with Crippen molar-refractivity contribution in [2.45, 2.75) is 26.7 Å². The molecule has 0 aromatic carbocycles. The number of hydrogen-bond donors (Lipinski definition) is 1. The monoisotopic (exact) mass is 221 g/mol. The van der Waals surface area contributed by atoms with E-state index in [4.69, 9.17) is 5.73 Å². The highest BCUT2D eigenvalue weighted by molar-refractivity contribution is 5.95. The normalized spacial score (nSPS) is 10.5. The topological polar surface area (TPSA) is 59.2 Å². The minimum atomic E-state index is 0.0894. The van der Waals surface area contributed by atoms with Gasteiger partial charge in [-0.2, -0.15) is 0 Å². The summed E-state index contributed by atoms with van der Waals surface area (Å²) in [5.74, 6) is 0.624. The molecule has 0 aliphatic rings. The lowest BCUT2D eigenvalue weighted by molar-refractivity contribution is -0.118. The van der Waals surface area contributed by atoms with Crippen molar-refractivity contribution in [1.82, 2.24) is 4.98 Å². The fourth-order valence-electron chi connectivity index (χ4n) is 1.42. The Balaban J connectivity index is 2.67. The number of pyridine rings is 1. The molecule has 1 rings (SSSR count). The van der Waals surface area contributed by atoms with E-state index in [1.165, 1.54) is 0 Å². The molecule has 0 atom stereocenters. The summed E-state index contributed by atoms with van der Waals surface area (Å²) in [6, 6.07) is 1.75.